The molecule has 4 nitrogen and oxygen atoms in total. The predicted octanol–water partition coefficient (Wildman–Crippen LogP) is 10.9. The largest absolute Gasteiger partial charge is 0.472 e. The second kappa shape index (κ2) is 11.2. The minimum Gasteiger partial charge on any atom is -0.472 e. The van der Waals surface area contributed by atoms with Gasteiger partial charge in [-0.05, 0) is 46.0 Å². The van der Waals surface area contributed by atoms with Crippen molar-refractivity contribution in [2.24, 2.45) is 0 Å². The van der Waals surface area contributed by atoms with Crippen LogP contribution >= 0.6 is 0 Å². The molecule has 8 aromatic rings. The van der Waals surface area contributed by atoms with E-state index in [1.165, 1.54) is 5.56 Å². The zero-order valence-corrected chi connectivity index (χ0v) is 27.0. The van der Waals surface area contributed by atoms with E-state index in [1.54, 1.807) is 0 Å². The number of aromatic nitrogens is 3. The number of fused-ring (bicyclic) bond motifs is 9. The summed E-state index contributed by atoms with van der Waals surface area (Å²) in [6, 6.07) is 61.1. The summed E-state index contributed by atoms with van der Waals surface area (Å²) in [5.41, 5.74) is 12.2. The highest BCUT2D eigenvalue weighted by atomic mass is 16.5. The first-order valence-corrected chi connectivity index (χ1v) is 16.9. The van der Waals surface area contributed by atoms with Gasteiger partial charge in [0.25, 0.3) is 0 Å². The minimum atomic E-state index is -0.785. The predicted molar refractivity (Wildman–Crippen MR) is 199 cm³/mol. The van der Waals surface area contributed by atoms with Crippen LogP contribution in [0.2, 0.25) is 0 Å². The second-order valence-corrected chi connectivity index (χ2v) is 12.8. The molecule has 1 aliphatic carbocycles. The van der Waals surface area contributed by atoms with E-state index in [-0.39, 0.29) is 0 Å². The molecule has 2 aliphatic rings. The fraction of sp³-hybridized carbons (Fsp3) is 0.0217. The Bertz CT molecular complexity index is 2580. The van der Waals surface area contributed by atoms with Crippen molar-refractivity contribution in [2.75, 3.05) is 0 Å². The zero-order chi connectivity index (χ0) is 33.1. The summed E-state index contributed by atoms with van der Waals surface area (Å²) in [5, 5.41) is 0. The second-order valence-electron chi connectivity index (χ2n) is 12.8. The molecule has 0 saturated heterocycles. The van der Waals surface area contributed by atoms with Crippen molar-refractivity contribution in [3.63, 3.8) is 0 Å². The lowest BCUT2D eigenvalue weighted by atomic mass is 9.78. The van der Waals surface area contributed by atoms with Crippen LogP contribution in [0.3, 0.4) is 0 Å². The number of ether oxygens (including phenoxy) is 1. The summed E-state index contributed by atoms with van der Waals surface area (Å²) >= 11 is 0. The lowest BCUT2D eigenvalue weighted by molar-refractivity contribution is 0.157. The summed E-state index contributed by atoms with van der Waals surface area (Å²) < 4.78 is 7.17. The molecule has 234 valence electrons. The van der Waals surface area contributed by atoms with Gasteiger partial charge in [-0.2, -0.15) is 0 Å². The van der Waals surface area contributed by atoms with Gasteiger partial charge in [-0.3, -0.25) is 0 Å². The number of nitrogens with zero attached hydrogens (tertiary/aromatic N) is 3. The third-order valence-electron chi connectivity index (χ3n) is 9.90. The Morgan fingerprint density at radius 1 is 0.320 bits per heavy atom. The highest BCUT2D eigenvalue weighted by molar-refractivity contribution is 5.89. The fourth-order valence-electron chi connectivity index (χ4n) is 7.63. The van der Waals surface area contributed by atoms with Crippen LogP contribution in [0.4, 0.5) is 0 Å². The first kappa shape index (κ1) is 28.4. The molecule has 1 aliphatic heterocycles. The summed E-state index contributed by atoms with van der Waals surface area (Å²) in [7, 11) is 0. The van der Waals surface area contributed by atoms with Gasteiger partial charge >= 0.3 is 0 Å². The summed E-state index contributed by atoms with van der Waals surface area (Å²) in [5.74, 6) is 2.76. The molecule has 0 saturated carbocycles. The average molecular weight is 640 g/mol. The molecular weight excluding hydrogens is 611 g/mol. The SMILES string of the molecule is c1ccc(-c2cccc(-c3nc(-c4ccccc4)nc(-c4ccc5c(c4)-c4ccccc4C54Oc5ccccc5-c5ccccc54)n3)c2)cc1. The molecule has 0 radical (unpaired) electrons. The lowest BCUT2D eigenvalue weighted by Gasteiger charge is -2.39. The van der Waals surface area contributed by atoms with E-state index in [2.05, 4.69) is 133 Å². The van der Waals surface area contributed by atoms with Crippen LogP contribution < -0.4 is 4.74 Å². The van der Waals surface area contributed by atoms with Gasteiger partial charge in [0, 0.05) is 38.9 Å². The van der Waals surface area contributed by atoms with Crippen molar-refractivity contribution in [3.05, 3.63) is 193 Å². The van der Waals surface area contributed by atoms with Crippen LogP contribution in [0, 0.1) is 0 Å². The fourth-order valence-corrected chi connectivity index (χ4v) is 7.63. The van der Waals surface area contributed by atoms with Crippen LogP contribution in [-0.4, -0.2) is 15.0 Å². The van der Waals surface area contributed by atoms with Crippen molar-refractivity contribution in [1.82, 2.24) is 15.0 Å². The van der Waals surface area contributed by atoms with Crippen molar-refractivity contribution >= 4 is 0 Å². The normalized spacial score (nSPS) is 15.0. The molecule has 1 aromatic heterocycles. The Morgan fingerprint density at radius 2 is 0.800 bits per heavy atom. The Hall–Kier alpha value is -6.65. The third kappa shape index (κ3) is 4.35. The van der Waals surface area contributed by atoms with Gasteiger partial charge in [0.1, 0.15) is 5.75 Å². The molecule has 4 heteroatoms. The highest BCUT2D eigenvalue weighted by Crippen LogP contribution is 2.58. The number of hydrogen-bond acceptors (Lipinski definition) is 4. The Labute approximate surface area is 290 Å². The van der Waals surface area contributed by atoms with Gasteiger partial charge < -0.3 is 4.74 Å². The smallest absolute Gasteiger partial charge is 0.186 e. The highest BCUT2D eigenvalue weighted by Gasteiger charge is 2.50. The average Bonchev–Trinajstić information content (AvgIpc) is 3.47. The van der Waals surface area contributed by atoms with Gasteiger partial charge in [0.15, 0.2) is 23.1 Å². The van der Waals surface area contributed by atoms with Crippen LogP contribution in [0.25, 0.3) is 67.5 Å². The molecular formula is C46H29N3O. The Morgan fingerprint density at radius 3 is 1.50 bits per heavy atom. The van der Waals surface area contributed by atoms with E-state index in [0.717, 1.165) is 66.9 Å². The van der Waals surface area contributed by atoms with Crippen LogP contribution in [-0.2, 0) is 5.60 Å². The first-order chi connectivity index (χ1) is 24.8. The van der Waals surface area contributed by atoms with E-state index >= 15 is 0 Å². The molecule has 0 amide bonds. The van der Waals surface area contributed by atoms with Gasteiger partial charge in [0.2, 0.25) is 0 Å². The van der Waals surface area contributed by atoms with E-state index in [4.69, 9.17) is 19.7 Å². The van der Waals surface area contributed by atoms with Crippen LogP contribution in [0.5, 0.6) is 5.75 Å². The van der Waals surface area contributed by atoms with Gasteiger partial charge in [-0.15, -0.1) is 0 Å². The maximum absolute atomic E-state index is 7.17. The van der Waals surface area contributed by atoms with Crippen LogP contribution in [0.15, 0.2) is 176 Å². The number of rotatable bonds is 4. The van der Waals surface area contributed by atoms with E-state index in [1.807, 2.05) is 42.5 Å². The molecule has 7 aromatic carbocycles. The quantitative estimate of drug-likeness (QED) is 0.192. The molecule has 2 heterocycles. The molecule has 0 fully saturated rings. The molecule has 1 atom stereocenters. The Balaban J connectivity index is 1.16. The van der Waals surface area contributed by atoms with Gasteiger partial charge in [-0.25, -0.2) is 15.0 Å². The standard InChI is InChI=1S/C46H29N3O/c1-3-14-30(15-4-1)32-18-13-19-33(28-32)44-47-43(31-16-5-2-6-17-31)48-45(49-44)34-26-27-41-38(29-34)36-21-8-11-24-40(36)46(41)39-23-10-7-20-35(39)37-22-9-12-25-42(37)50-46/h1-29H. The zero-order valence-electron chi connectivity index (χ0n) is 27.0. The monoisotopic (exact) mass is 639 g/mol. The topological polar surface area (TPSA) is 47.9 Å². The molecule has 0 bridgehead atoms. The number of para-hydroxylation sites is 1. The first-order valence-electron chi connectivity index (χ1n) is 16.9. The lowest BCUT2D eigenvalue weighted by Crippen LogP contribution is -2.36. The van der Waals surface area contributed by atoms with Crippen molar-refractivity contribution < 1.29 is 4.74 Å². The number of benzene rings is 7. The minimum absolute atomic E-state index is 0.621. The molecule has 1 unspecified atom stereocenters. The van der Waals surface area contributed by atoms with Gasteiger partial charge in [-0.1, -0.05) is 158 Å². The Kier molecular flexibility index (Phi) is 6.36. The number of hydrogen-bond donors (Lipinski definition) is 0. The van der Waals surface area contributed by atoms with E-state index < -0.39 is 5.60 Å². The maximum atomic E-state index is 7.17. The summed E-state index contributed by atoms with van der Waals surface area (Å²) in [6.45, 7) is 0. The molecule has 1 spiro atoms. The third-order valence-corrected chi connectivity index (χ3v) is 9.90. The van der Waals surface area contributed by atoms with Crippen molar-refractivity contribution in [2.45, 2.75) is 5.60 Å². The van der Waals surface area contributed by atoms with E-state index in [0.29, 0.717) is 17.5 Å². The van der Waals surface area contributed by atoms with E-state index in [9.17, 15) is 0 Å². The van der Waals surface area contributed by atoms with Crippen molar-refractivity contribution in [1.29, 1.82) is 0 Å². The maximum Gasteiger partial charge on any atom is 0.186 e. The van der Waals surface area contributed by atoms with Gasteiger partial charge in [0.05, 0.1) is 0 Å². The summed E-state index contributed by atoms with van der Waals surface area (Å²) in [6.07, 6.45) is 0. The van der Waals surface area contributed by atoms with Crippen LogP contribution in [0.1, 0.15) is 16.7 Å². The molecule has 50 heavy (non-hydrogen) atoms. The molecule has 0 N–H and O–H groups in total. The van der Waals surface area contributed by atoms with Crippen molar-refractivity contribution in [3.8, 4) is 73.3 Å². The molecule has 10 rings (SSSR count). The summed E-state index contributed by atoms with van der Waals surface area (Å²) in [4.78, 5) is 15.2.